The van der Waals surface area contributed by atoms with Crippen LogP contribution in [0.15, 0.2) is 41.3 Å². The number of anilines is 1. The Bertz CT molecular complexity index is 831. The van der Waals surface area contributed by atoms with Gasteiger partial charge < -0.3 is 14.8 Å². The molecule has 2 heterocycles. The first-order valence-corrected chi connectivity index (χ1v) is 8.60. The van der Waals surface area contributed by atoms with Gasteiger partial charge in [0, 0.05) is 31.0 Å². The van der Waals surface area contributed by atoms with Crippen LogP contribution >= 0.6 is 11.6 Å². The molecule has 1 aliphatic rings. The fourth-order valence-electron chi connectivity index (χ4n) is 2.87. The van der Waals surface area contributed by atoms with Gasteiger partial charge in [-0.25, -0.2) is 4.39 Å². The predicted octanol–water partition coefficient (Wildman–Crippen LogP) is 2.99. The third-order valence-electron chi connectivity index (χ3n) is 4.28. The molecule has 1 saturated heterocycles. The Balaban J connectivity index is 1.70. The van der Waals surface area contributed by atoms with Crippen molar-refractivity contribution in [3.8, 4) is 0 Å². The van der Waals surface area contributed by atoms with Crippen LogP contribution in [0, 0.1) is 5.82 Å². The van der Waals surface area contributed by atoms with E-state index in [2.05, 4.69) is 10.2 Å². The lowest BCUT2D eigenvalue weighted by molar-refractivity contribution is 0.102. The summed E-state index contributed by atoms with van der Waals surface area (Å²) in [5, 5.41) is 2.59. The van der Waals surface area contributed by atoms with Crippen LogP contribution in [0.1, 0.15) is 23.2 Å². The summed E-state index contributed by atoms with van der Waals surface area (Å²) < 4.78 is 14.7. The van der Waals surface area contributed by atoms with Crippen molar-refractivity contribution in [2.75, 3.05) is 25.0 Å². The summed E-state index contributed by atoms with van der Waals surface area (Å²) in [4.78, 5) is 26.7. The van der Waals surface area contributed by atoms with Crippen LogP contribution in [0.4, 0.5) is 10.1 Å². The number of halogens is 2. The summed E-state index contributed by atoms with van der Waals surface area (Å²) in [6.07, 6.45) is 3.94. The van der Waals surface area contributed by atoms with Gasteiger partial charge in [-0.05, 0) is 50.2 Å². The number of hydrogen-bond donors (Lipinski definition) is 1. The highest BCUT2D eigenvalue weighted by molar-refractivity contribution is 6.31. The van der Waals surface area contributed by atoms with Crippen LogP contribution in [-0.2, 0) is 6.54 Å². The maximum atomic E-state index is 13.2. The standard InChI is InChI=1S/C18H19ClFN3O2/c19-15-11-14(4-5-16(15)20)21-18(25)13-3-6-17(24)23(12-13)10-9-22-7-1-2-8-22/h3-6,11-12H,1-2,7-10H2,(H,21,25). The minimum absolute atomic E-state index is 0.0617. The number of nitrogens with one attached hydrogen (secondary N) is 1. The molecule has 0 bridgehead atoms. The van der Waals surface area contributed by atoms with Crippen molar-refractivity contribution < 1.29 is 9.18 Å². The average Bonchev–Trinajstić information content (AvgIpc) is 3.11. The maximum Gasteiger partial charge on any atom is 0.257 e. The first-order chi connectivity index (χ1) is 12.0. The van der Waals surface area contributed by atoms with Crippen molar-refractivity contribution in [2.24, 2.45) is 0 Å². The Morgan fingerprint density at radius 1 is 1.16 bits per heavy atom. The van der Waals surface area contributed by atoms with Gasteiger partial charge in [0.05, 0.1) is 10.6 Å². The van der Waals surface area contributed by atoms with Gasteiger partial charge >= 0.3 is 0 Å². The second-order valence-corrected chi connectivity index (χ2v) is 6.49. The van der Waals surface area contributed by atoms with Gasteiger partial charge in [-0.2, -0.15) is 0 Å². The van der Waals surface area contributed by atoms with E-state index in [0.717, 1.165) is 19.6 Å². The molecule has 1 N–H and O–H groups in total. The highest BCUT2D eigenvalue weighted by Crippen LogP contribution is 2.19. The summed E-state index contributed by atoms with van der Waals surface area (Å²) in [5.74, 6) is -0.923. The van der Waals surface area contributed by atoms with E-state index in [4.69, 9.17) is 11.6 Å². The first kappa shape index (κ1) is 17.6. The molecule has 1 aromatic heterocycles. The molecule has 0 aliphatic carbocycles. The number of amides is 1. The molecular formula is C18H19ClFN3O2. The number of rotatable bonds is 5. The number of carbonyl (C=O) groups is 1. The van der Waals surface area contributed by atoms with Gasteiger partial charge in [0.25, 0.3) is 11.5 Å². The lowest BCUT2D eigenvalue weighted by Crippen LogP contribution is -2.29. The van der Waals surface area contributed by atoms with Crippen LogP contribution in [0.25, 0.3) is 0 Å². The maximum absolute atomic E-state index is 13.2. The molecule has 0 saturated carbocycles. The molecule has 5 nitrogen and oxygen atoms in total. The second kappa shape index (κ2) is 7.80. The van der Waals surface area contributed by atoms with Crippen LogP contribution in [0.5, 0.6) is 0 Å². The van der Waals surface area contributed by atoms with E-state index in [1.54, 1.807) is 10.8 Å². The van der Waals surface area contributed by atoms with Crippen LogP contribution in [0.3, 0.4) is 0 Å². The summed E-state index contributed by atoms with van der Waals surface area (Å²) in [7, 11) is 0. The summed E-state index contributed by atoms with van der Waals surface area (Å²) in [5.41, 5.74) is 0.619. The normalized spacial score (nSPS) is 14.6. The molecule has 1 aliphatic heterocycles. The zero-order chi connectivity index (χ0) is 17.8. The van der Waals surface area contributed by atoms with Crippen LogP contribution < -0.4 is 10.9 Å². The number of likely N-dealkylation sites (tertiary alicyclic amines) is 1. The molecule has 1 amide bonds. The van der Waals surface area contributed by atoms with Crippen molar-refractivity contribution in [1.82, 2.24) is 9.47 Å². The highest BCUT2D eigenvalue weighted by Gasteiger charge is 2.13. The molecule has 1 fully saturated rings. The summed E-state index contributed by atoms with van der Waals surface area (Å²) >= 11 is 5.72. The molecule has 0 spiro atoms. The molecule has 0 atom stereocenters. The fraction of sp³-hybridized carbons (Fsp3) is 0.333. The monoisotopic (exact) mass is 363 g/mol. The predicted molar refractivity (Wildman–Crippen MR) is 95.7 cm³/mol. The summed E-state index contributed by atoms with van der Waals surface area (Å²) in [6.45, 7) is 3.45. The van der Waals surface area contributed by atoms with Crippen LogP contribution in [0.2, 0.25) is 5.02 Å². The molecule has 2 aromatic rings. The number of nitrogens with zero attached hydrogens (tertiary/aromatic N) is 2. The second-order valence-electron chi connectivity index (χ2n) is 6.08. The zero-order valence-electron chi connectivity index (χ0n) is 13.7. The molecule has 0 unspecified atom stereocenters. The van der Waals surface area contributed by atoms with Gasteiger partial charge in [0.2, 0.25) is 0 Å². The third kappa shape index (κ3) is 4.46. The van der Waals surface area contributed by atoms with Gasteiger partial charge in [0.1, 0.15) is 5.82 Å². The smallest absolute Gasteiger partial charge is 0.257 e. The quantitative estimate of drug-likeness (QED) is 0.888. The Hall–Kier alpha value is -2.18. The van der Waals surface area contributed by atoms with Gasteiger partial charge in [-0.1, -0.05) is 11.6 Å². The molecule has 3 rings (SSSR count). The van der Waals surface area contributed by atoms with Crippen LogP contribution in [-0.4, -0.2) is 35.0 Å². The lowest BCUT2D eigenvalue weighted by atomic mass is 10.2. The zero-order valence-corrected chi connectivity index (χ0v) is 14.4. The largest absolute Gasteiger partial charge is 0.322 e. The van der Waals surface area contributed by atoms with E-state index in [-0.39, 0.29) is 16.5 Å². The molecule has 25 heavy (non-hydrogen) atoms. The van der Waals surface area contributed by atoms with Crippen molar-refractivity contribution in [3.05, 3.63) is 63.3 Å². The van der Waals surface area contributed by atoms with Gasteiger partial charge in [-0.15, -0.1) is 0 Å². The van der Waals surface area contributed by atoms with Crippen molar-refractivity contribution in [3.63, 3.8) is 0 Å². The molecule has 132 valence electrons. The van der Waals surface area contributed by atoms with E-state index in [1.165, 1.54) is 43.2 Å². The van der Waals surface area contributed by atoms with Gasteiger partial charge in [0.15, 0.2) is 0 Å². The topological polar surface area (TPSA) is 54.3 Å². The Morgan fingerprint density at radius 3 is 2.64 bits per heavy atom. The fourth-order valence-corrected chi connectivity index (χ4v) is 3.05. The minimum Gasteiger partial charge on any atom is -0.322 e. The van der Waals surface area contributed by atoms with E-state index in [1.807, 2.05) is 0 Å². The number of aromatic nitrogens is 1. The lowest BCUT2D eigenvalue weighted by Gasteiger charge is -2.15. The Kier molecular flexibility index (Phi) is 5.50. The highest BCUT2D eigenvalue weighted by atomic mass is 35.5. The molecule has 0 radical (unpaired) electrons. The van der Waals surface area contributed by atoms with Crippen molar-refractivity contribution in [2.45, 2.75) is 19.4 Å². The number of pyridine rings is 1. The number of hydrogen-bond acceptors (Lipinski definition) is 3. The van der Waals surface area contributed by atoms with Gasteiger partial charge in [-0.3, -0.25) is 9.59 Å². The minimum atomic E-state index is -0.546. The number of benzene rings is 1. The van der Waals surface area contributed by atoms with E-state index >= 15 is 0 Å². The molecule has 7 heteroatoms. The summed E-state index contributed by atoms with van der Waals surface area (Å²) in [6, 6.07) is 6.83. The molecular weight excluding hydrogens is 345 g/mol. The van der Waals surface area contributed by atoms with Crippen molar-refractivity contribution in [1.29, 1.82) is 0 Å². The van der Waals surface area contributed by atoms with E-state index in [0.29, 0.717) is 17.8 Å². The van der Waals surface area contributed by atoms with Crippen molar-refractivity contribution >= 4 is 23.2 Å². The SMILES string of the molecule is O=C(Nc1ccc(F)c(Cl)c1)c1ccc(=O)n(CCN2CCCC2)c1. The average molecular weight is 364 g/mol. The Labute approximate surface area is 150 Å². The Morgan fingerprint density at radius 2 is 1.92 bits per heavy atom. The van der Waals surface area contributed by atoms with E-state index in [9.17, 15) is 14.0 Å². The third-order valence-corrected chi connectivity index (χ3v) is 4.57. The number of carbonyl (C=O) groups excluding carboxylic acids is 1. The van der Waals surface area contributed by atoms with E-state index < -0.39 is 5.82 Å². The first-order valence-electron chi connectivity index (χ1n) is 8.22. The molecule has 1 aromatic carbocycles.